The highest BCUT2D eigenvalue weighted by atomic mass is 16.5. The second-order valence-corrected chi connectivity index (χ2v) is 8.99. The van der Waals surface area contributed by atoms with E-state index in [0.29, 0.717) is 35.7 Å². The van der Waals surface area contributed by atoms with E-state index in [-0.39, 0.29) is 5.69 Å². The van der Waals surface area contributed by atoms with Gasteiger partial charge in [0.15, 0.2) is 12.0 Å². The second kappa shape index (κ2) is 11.8. The molecule has 2 aromatic carbocycles. The molecular weight excluding hydrogens is 456 g/mol. The van der Waals surface area contributed by atoms with Gasteiger partial charge in [0.2, 0.25) is 0 Å². The molecule has 1 fully saturated rings. The van der Waals surface area contributed by atoms with Crippen molar-refractivity contribution in [2.24, 2.45) is 5.73 Å². The van der Waals surface area contributed by atoms with Gasteiger partial charge in [0.25, 0.3) is 5.91 Å². The van der Waals surface area contributed by atoms with Crippen molar-refractivity contribution < 1.29 is 14.3 Å². The van der Waals surface area contributed by atoms with Crippen LogP contribution in [-0.4, -0.2) is 80.3 Å². The normalized spacial score (nSPS) is 13.9. The molecule has 9 nitrogen and oxygen atoms in total. The van der Waals surface area contributed by atoms with Crippen molar-refractivity contribution in [3.05, 3.63) is 71.0 Å². The molecule has 4 rings (SSSR count). The van der Waals surface area contributed by atoms with Crippen LogP contribution in [-0.2, 0) is 12.8 Å². The molecule has 0 spiro atoms. The SMILES string of the molecule is COc1ccc(-n2nc(C(N)=O)c(CCN(C)c3cccc(CCN4CCNCC4)c3)c2C=O)cc1. The predicted molar refractivity (Wildman–Crippen MR) is 140 cm³/mol. The van der Waals surface area contributed by atoms with Crippen molar-refractivity contribution in [2.45, 2.75) is 12.8 Å². The third kappa shape index (κ3) is 5.92. The average Bonchev–Trinajstić information content (AvgIpc) is 3.30. The Balaban J connectivity index is 1.48. The molecule has 0 bridgehead atoms. The van der Waals surface area contributed by atoms with E-state index in [1.165, 1.54) is 10.2 Å². The molecule has 1 aromatic heterocycles. The summed E-state index contributed by atoms with van der Waals surface area (Å²) in [4.78, 5) is 28.9. The Morgan fingerprint density at radius 2 is 1.92 bits per heavy atom. The summed E-state index contributed by atoms with van der Waals surface area (Å²) in [7, 11) is 3.59. The van der Waals surface area contributed by atoms with Crippen LogP contribution in [0, 0.1) is 0 Å². The summed E-state index contributed by atoms with van der Waals surface area (Å²) in [6, 6.07) is 15.6. The van der Waals surface area contributed by atoms with Crippen LogP contribution in [0.1, 0.15) is 32.1 Å². The number of hydrogen-bond acceptors (Lipinski definition) is 7. The summed E-state index contributed by atoms with van der Waals surface area (Å²) in [6.45, 7) is 5.92. The third-order valence-electron chi connectivity index (χ3n) is 6.66. The zero-order chi connectivity index (χ0) is 25.5. The first-order valence-electron chi connectivity index (χ1n) is 12.2. The number of aldehydes is 1. The standard InChI is InChI=1S/C27H34N6O3/c1-31(22-5-3-4-20(18-22)10-15-32-16-12-29-13-17-32)14-11-24-25(19-34)33(30-26(24)27(28)35)21-6-8-23(36-2)9-7-21/h3-9,18-19,29H,10-17H2,1-2H3,(H2,28,35). The second-order valence-electron chi connectivity index (χ2n) is 8.99. The third-order valence-corrected chi connectivity index (χ3v) is 6.66. The molecule has 9 heteroatoms. The first-order chi connectivity index (χ1) is 17.5. The number of nitrogens with zero attached hydrogens (tertiary/aromatic N) is 4. The first kappa shape index (κ1) is 25.4. The van der Waals surface area contributed by atoms with Crippen molar-refractivity contribution in [1.82, 2.24) is 20.0 Å². The van der Waals surface area contributed by atoms with E-state index in [1.54, 1.807) is 31.4 Å². The highest BCUT2D eigenvalue weighted by Gasteiger charge is 2.22. The van der Waals surface area contributed by atoms with Crippen LogP contribution in [0.15, 0.2) is 48.5 Å². The number of benzene rings is 2. The summed E-state index contributed by atoms with van der Waals surface area (Å²) in [5.74, 6) is 0.0311. The zero-order valence-electron chi connectivity index (χ0n) is 20.9. The van der Waals surface area contributed by atoms with E-state index in [1.807, 2.05) is 7.05 Å². The van der Waals surface area contributed by atoms with Gasteiger partial charge in [-0.3, -0.25) is 9.59 Å². The molecule has 1 aliphatic heterocycles. The molecule has 1 saturated heterocycles. The molecule has 0 atom stereocenters. The number of carbonyl (C=O) groups excluding carboxylic acids is 2. The predicted octanol–water partition coefficient (Wildman–Crippen LogP) is 1.92. The number of primary amides is 1. The number of nitrogens with two attached hydrogens (primary N) is 1. The fraction of sp³-hybridized carbons (Fsp3) is 0.370. The molecule has 3 aromatic rings. The number of rotatable bonds is 11. The van der Waals surface area contributed by atoms with E-state index < -0.39 is 5.91 Å². The minimum Gasteiger partial charge on any atom is -0.497 e. The minimum atomic E-state index is -0.655. The van der Waals surface area contributed by atoms with Gasteiger partial charge in [0.05, 0.1) is 12.8 Å². The Bertz CT molecular complexity index is 1180. The lowest BCUT2D eigenvalue weighted by molar-refractivity contribution is 0.0994. The molecule has 1 amide bonds. The van der Waals surface area contributed by atoms with Gasteiger partial charge in [0, 0.05) is 57.6 Å². The number of piperazine rings is 1. The lowest BCUT2D eigenvalue weighted by atomic mass is 10.1. The van der Waals surface area contributed by atoms with Gasteiger partial charge in [-0.05, 0) is 54.8 Å². The zero-order valence-corrected chi connectivity index (χ0v) is 20.9. The van der Waals surface area contributed by atoms with Crippen LogP contribution in [0.25, 0.3) is 5.69 Å². The van der Waals surface area contributed by atoms with Gasteiger partial charge in [-0.1, -0.05) is 12.1 Å². The van der Waals surface area contributed by atoms with Crippen molar-refractivity contribution >= 4 is 17.9 Å². The number of likely N-dealkylation sites (N-methyl/N-ethyl adjacent to an activating group) is 1. The van der Waals surface area contributed by atoms with Crippen LogP contribution in [0.4, 0.5) is 5.69 Å². The van der Waals surface area contributed by atoms with Gasteiger partial charge in [-0.25, -0.2) is 4.68 Å². The number of anilines is 1. The summed E-state index contributed by atoms with van der Waals surface area (Å²) >= 11 is 0. The summed E-state index contributed by atoms with van der Waals surface area (Å²) in [5.41, 5.74) is 9.65. The highest BCUT2D eigenvalue weighted by Crippen LogP contribution is 2.22. The number of ether oxygens (including phenoxy) is 1. The Morgan fingerprint density at radius 1 is 1.17 bits per heavy atom. The summed E-state index contributed by atoms with van der Waals surface area (Å²) in [6.07, 6.45) is 2.18. The van der Waals surface area contributed by atoms with Gasteiger partial charge >= 0.3 is 0 Å². The van der Waals surface area contributed by atoms with Crippen LogP contribution in [0.2, 0.25) is 0 Å². The van der Waals surface area contributed by atoms with Gasteiger partial charge in [-0.2, -0.15) is 5.10 Å². The fourth-order valence-electron chi connectivity index (χ4n) is 4.53. The van der Waals surface area contributed by atoms with Crippen LogP contribution in [0.5, 0.6) is 5.75 Å². The lowest BCUT2D eigenvalue weighted by Crippen LogP contribution is -2.44. The number of methoxy groups -OCH3 is 1. The number of nitrogens with one attached hydrogen (secondary N) is 1. The summed E-state index contributed by atoms with van der Waals surface area (Å²) < 4.78 is 6.68. The maximum Gasteiger partial charge on any atom is 0.269 e. The van der Waals surface area contributed by atoms with Crippen molar-refractivity contribution in [2.75, 3.05) is 58.3 Å². The van der Waals surface area contributed by atoms with Gasteiger partial charge in [-0.15, -0.1) is 0 Å². The van der Waals surface area contributed by atoms with E-state index in [9.17, 15) is 9.59 Å². The van der Waals surface area contributed by atoms with Crippen molar-refractivity contribution in [3.63, 3.8) is 0 Å². The smallest absolute Gasteiger partial charge is 0.269 e. The largest absolute Gasteiger partial charge is 0.497 e. The maximum atomic E-state index is 12.2. The molecule has 1 aliphatic rings. The molecule has 0 unspecified atom stereocenters. The van der Waals surface area contributed by atoms with Crippen molar-refractivity contribution in [1.29, 1.82) is 0 Å². The highest BCUT2D eigenvalue weighted by molar-refractivity contribution is 5.95. The van der Waals surface area contributed by atoms with E-state index >= 15 is 0 Å². The molecular formula is C27H34N6O3. The van der Waals surface area contributed by atoms with Gasteiger partial charge in [0.1, 0.15) is 11.4 Å². The Kier molecular flexibility index (Phi) is 8.35. The van der Waals surface area contributed by atoms with E-state index in [4.69, 9.17) is 10.5 Å². The van der Waals surface area contributed by atoms with E-state index in [2.05, 4.69) is 44.5 Å². The van der Waals surface area contributed by atoms with Crippen LogP contribution >= 0.6 is 0 Å². The Morgan fingerprint density at radius 3 is 2.58 bits per heavy atom. The first-order valence-corrected chi connectivity index (χ1v) is 12.2. The molecule has 3 N–H and O–H groups in total. The molecule has 0 saturated carbocycles. The monoisotopic (exact) mass is 490 g/mol. The molecule has 0 aliphatic carbocycles. The molecule has 36 heavy (non-hydrogen) atoms. The van der Waals surface area contributed by atoms with Crippen molar-refractivity contribution in [3.8, 4) is 11.4 Å². The van der Waals surface area contributed by atoms with E-state index in [0.717, 1.165) is 51.1 Å². The Labute approximate surface area is 211 Å². The Hall–Kier alpha value is -3.69. The maximum absolute atomic E-state index is 12.2. The molecule has 0 radical (unpaired) electrons. The number of amides is 1. The summed E-state index contributed by atoms with van der Waals surface area (Å²) in [5, 5.41) is 7.77. The topological polar surface area (TPSA) is 106 Å². The quantitative estimate of drug-likeness (QED) is 0.396. The number of hydrogen-bond donors (Lipinski definition) is 2. The fourth-order valence-corrected chi connectivity index (χ4v) is 4.53. The van der Waals surface area contributed by atoms with Gasteiger partial charge < -0.3 is 25.6 Å². The number of aromatic nitrogens is 2. The minimum absolute atomic E-state index is 0.117. The lowest BCUT2D eigenvalue weighted by Gasteiger charge is -2.27. The average molecular weight is 491 g/mol. The van der Waals surface area contributed by atoms with Crippen LogP contribution in [0.3, 0.4) is 0 Å². The molecule has 2 heterocycles. The number of carbonyl (C=O) groups is 2. The molecule has 190 valence electrons. The van der Waals surface area contributed by atoms with Crippen LogP contribution < -0.4 is 20.7 Å².